The Morgan fingerprint density at radius 2 is 2.14 bits per heavy atom. The molecule has 116 valence electrons. The number of carbonyl (C=O) groups excluding carboxylic acids is 1. The predicted molar refractivity (Wildman–Crippen MR) is 77.1 cm³/mol. The van der Waals surface area contributed by atoms with Crippen LogP contribution in [0.15, 0.2) is 24.3 Å². The maximum atomic E-state index is 13.8. The Hall–Kier alpha value is -1.46. The molecule has 5 heteroatoms. The van der Waals surface area contributed by atoms with Crippen LogP contribution in [0.1, 0.15) is 24.8 Å². The lowest BCUT2D eigenvalue weighted by molar-refractivity contribution is -0.153. The highest BCUT2D eigenvalue weighted by Gasteiger charge is 2.46. The molecular formula is C16H22FNO3. The van der Waals surface area contributed by atoms with Crippen molar-refractivity contribution >= 4 is 5.91 Å². The lowest BCUT2D eigenvalue weighted by Crippen LogP contribution is -2.51. The molecule has 2 rings (SSSR count). The van der Waals surface area contributed by atoms with Crippen molar-refractivity contribution in [2.45, 2.75) is 25.8 Å². The molecule has 1 aromatic rings. The van der Waals surface area contributed by atoms with Gasteiger partial charge in [0.2, 0.25) is 5.91 Å². The van der Waals surface area contributed by atoms with Crippen molar-refractivity contribution in [3.63, 3.8) is 0 Å². The van der Waals surface area contributed by atoms with E-state index in [9.17, 15) is 14.3 Å². The molecule has 1 aromatic carbocycles. The van der Waals surface area contributed by atoms with Gasteiger partial charge in [0.25, 0.3) is 0 Å². The summed E-state index contributed by atoms with van der Waals surface area (Å²) in [6.07, 6.45) is 2.58. The van der Waals surface area contributed by atoms with Gasteiger partial charge in [-0.3, -0.25) is 4.79 Å². The van der Waals surface area contributed by atoms with Gasteiger partial charge in [-0.15, -0.1) is 0 Å². The van der Waals surface area contributed by atoms with Crippen LogP contribution in [0.5, 0.6) is 0 Å². The van der Waals surface area contributed by atoms with Crippen molar-refractivity contribution in [2.75, 3.05) is 26.9 Å². The lowest BCUT2D eigenvalue weighted by Gasteiger charge is -2.43. The largest absolute Gasteiger partial charge is 0.395 e. The SMILES string of the molecule is COCC1(C(=O)N(CCO)Cc2ccccc2F)CCC1. The van der Waals surface area contributed by atoms with E-state index in [2.05, 4.69) is 0 Å². The minimum absolute atomic E-state index is 0.0482. The molecule has 0 spiro atoms. The standard InChI is InChI=1S/C16H22FNO3/c1-21-12-16(7-4-8-16)15(20)18(9-10-19)11-13-5-2-3-6-14(13)17/h2-3,5-6,19H,4,7-12H2,1H3. The molecule has 0 bridgehead atoms. The quantitative estimate of drug-likeness (QED) is 0.836. The van der Waals surface area contributed by atoms with E-state index >= 15 is 0 Å². The maximum Gasteiger partial charge on any atom is 0.231 e. The molecule has 1 amide bonds. The van der Waals surface area contributed by atoms with E-state index in [0.717, 1.165) is 19.3 Å². The Morgan fingerprint density at radius 3 is 2.67 bits per heavy atom. The molecular weight excluding hydrogens is 273 g/mol. The topological polar surface area (TPSA) is 49.8 Å². The number of methoxy groups -OCH3 is 1. The van der Waals surface area contributed by atoms with E-state index in [1.54, 1.807) is 25.3 Å². The number of rotatable bonds is 7. The fourth-order valence-electron chi connectivity index (χ4n) is 2.84. The molecule has 0 heterocycles. The second-order valence-electron chi connectivity index (χ2n) is 5.61. The summed E-state index contributed by atoms with van der Waals surface area (Å²) in [5.41, 5.74) is -0.0268. The lowest BCUT2D eigenvalue weighted by atomic mass is 9.68. The van der Waals surface area contributed by atoms with E-state index in [0.29, 0.717) is 12.2 Å². The van der Waals surface area contributed by atoms with Gasteiger partial charge >= 0.3 is 0 Å². The molecule has 0 unspecified atom stereocenters. The molecule has 1 N–H and O–H groups in total. The van der Waals surface area contributed by atoms with Crippen LogP contribution in [0.3, 0.4) is 0 Å². The summed E-state index contributed by atoms with van der Waals surface area (Å²) in [5, 5.41) is 9.20. The zero-order valence-corrected chi connectivity index (χ0v) is 12.3. The van der Waals surface area contributed by atoms with Gasteiger partial charge in [0.15, 0.2) is 0 Å². The van der Waals surface area contributed by atoms with Crippen LogP contribution in [0, 0.1) is 11.2 Å². The highest BCUT2D eigenvalue weighted by atomic mass is 19.1. The van der Waals surface area contributed by atoms with Gasteiger partial charge in [0.05, 0.1) is 18.6 Å². The summed E-state index contributed by atoms with van der Waals surface area (Å²) in [6.45, 7) is 0.629. The summed E-state index contributed by atoms with van der Waals surface area (Å²) in [4.78, 5) is 14.3. The van der Waals surface area contributed by atoms with Crippen molar-refractivity contribution < 1.29 is 19.0 Å². The number of halogens is 1. The normalized spacial score (nSPS) is 16.3. The van der Waals surface area contributed by atoms with E-state index in [4.69, 9.17) is 4.74 Å². The van der Waals surface area contributed by atoms with Gasteiger partial charge in [-0.25, -0.2) is 4.39 Å². The molecule has 0 radical (unpaired) electrons. The third kappa shape index (κ3) is 3.41. The molecule has 0 atom stereocenters. The van der Waals surface area contributed by atoms with Crippen LogP contribution in [0.2, 0.25) is 0 Å². The fraction of sp³-hybridized carbons (Fsp3) is 0.562. The monoisotopic (exact) mass is 295 g/mol. The third-order valence-electron chi connectivity index (χ3n) is 4.16. The molecule has 0 aromatic heterocycles. The van der Waals surface area contributed by atoms with Crippen molar-refractivity contribution in [3.8, 4) is 0 Å². The first kappa shape index (κ1) is 15.9. The molecule has 1 aliphatic carbocycles. The average Bonchev–Trinajstić information content (AvgIpc) is 2.44. The van der Waals surface area contributed by atoms with E-state index < -0.39 is 5.41 Å². The summed E-state index contributed by atoms with van der Waals surface area (Å²) in [5.74, 6) is -0.379. The van der Waals surface area contributed by atoms with Crippen molar-refractivity contribution in [3.05, 3.63) is 35.6 Å². The first-order chi connectivity index (χ1) is 10.1. The zero-order valence-electron chi connectivity index (χ0n) is 12.3. The highest BCUT2D eigenvalue weighted by Crippen LogP contribution is 2.43. The third-order valence-corrected chi connectivity index (χ3v) is 4.16. The first-order valence-electron chi connectivity index (χ1n) is 7.25. The molecule has 1 aliphatic rings. The van der Waals surface area contributed by atoms with Crippen molar-refractivity contribution in [1.82, 2.24) is 4.90 Å². The summed E-state index contributed by atoms with van der Waals surface area (Å²) >= 11 is 0. The Balaban J connectivity index is 2.14. The van der Waals surface area contributed by atoms with E-state index in [-0.39, 0.29) is 31.4 Å². The number of aliphatic hydroxyl groups excluding tert-OH is 1. The second kappa shape index (κ2) is 7.00. The Morgan fingerprint density at radius 1 is 1.43 bits per heavy atom. The van der Waals surface area contributed by atoms with Gasteiger partial charge in [-0.05, 0) is 18.9 Å². The first-order valence-corrected chi connectivity index (χ1v) is 7.25. The Bertz CT molecular complexity index is 488. The molecule has 1 saturated carbocycles. The molecule has 0 saturated heterocycles. The van der Waals surface area contributed by atoms with Crippen LogP contribution in [0.25, 0.3) is 0 Å². The van der Waals surface area contributed by atoms with Gasteiger partial charge in [0.1, 0.15) is 5.82 Å². The van der Waals surface area contributed by atoms with E-state index in [1.165, 1.54) is 11.0 Å². The number of hydrogen-bond donors (Lipinski definition) is 1. The van der Waals surface area contributed by atoms with Gasteiger partial charge in [-0.1, -0.05) is 24.6 Å². The van der Waals surface area contributed by atoms with Crippen LogP contribution in [0.4, 0.5) is 4.39 Å². The number of hydrogen-bond acceptors (Lipinski definition) is 3. The van der Waals surface area contributed by atoms with Crippen LogP contribution < -0.4 is 0 Å². The summed E-state index contributed by atoms with van der Waals surface area (Å²) < 4.78 is 19.0. The number of aliphatic hydroxyl groups is 1. The average molecular weight is 295 g/mol. The number of ether oxygens (including phenoxy) is 1. The number of carbonyl (C=O) groups is 1. The highest BCUT2D eigenvalue weighted by molar-refractivity contribution is 5.83. The molecule has 4 nitrogen and oxygen atoms in total. The molecule has 0 aliphatic heterocycles. The number of benzene rings is 1. The molecule has 1 fully saturated rings. The summed E-state index contributed by atoms with van der Waals surface area (Å²) in [7, 11) is 1.58. The van der Waals surface area contributed by atoms with Gasteiger partial charge < -0.3 is 14.7 Å². The minimum atomic E-state index is -0.491. The molecule has 21 heavy (non-hydrogen) atoms. The summed E-state index contributed by atoms with van der Waals surface area (Å²) in [6, 6.07) is 6.41. The van der Waals surface area contributed by atoms with E-state index in [1.807, 2.05) is 0 Å². The minimum Gasteiger partial charge on any atom is -0.395 e. The van der Waals surface area contributed by atoms with Gasteiger partial charge in [-0.2, -0.15) is 0 Å². The number of amides is 1. The number of nitrogens with zero attached hydrogens (tertiary/aromatic N) is 1. The van der Waals surface area contributed by atoms with Crippen LogP contribution >= 0.6 is 0 Å². The van der Waals surface area contributed by atoms with Crippen molar-refractivity contribution in [2.24, 2.45) is 5.41 Å². The van der Waals surface area contributed by atoms with Crippen molar-refractivity contribution in [1.29, 1.82) is 0 Å². The maximum absolute atomic E-state index is 13.8. The van der Waals surface area contributed by atoms with Crippen LogP contribution in [-0.4, -0.2) is 42.8 Å². The Labute approximate surface area is 124 Å². The van der Waals surface area contributed by atoms with Gasteiger partial charge in [0, 0.05) is 25.8 Å². The Kier molecular flexibility index (Phi) is 5.31. The zero-order chi connectivity index (χ0) is 15.3. The predicted octanol–water partition coefficient (Wildman–Crippen LogP) is 1.96. The second-order valence-corrected chi connectivity index (χ2v) is 5.61. The van der Waals surface area contributed by atoms with Crippen LogP contribution in [-0.2, 0) is 16.1 Å². The smallest absolute Gasteiger partial charge is 0.231 e. The fourth-order valence-corrected chi connectivity index (χ4v) is 2.84.